The molecule has 2 spiro atoms. The van der Waals surface area contributed by atoms with Crippen LogP contribution in [0.5, 0.6) is 0 Å². The molecule has 192 valence electrons. The van der Waals surface area contributed by atoms with Crippen LogP contribution in [0.4, 0.5) is 16.2 Å². The molecule has 1 aromatic rings. The van der Waals surface area contributed by atoms with E-state index in [1.54, 1.807) is 4.90 Å². The molecule has 2 N–H and O–H groups in total. The van der Waals surface area contributed by atoms with Crippen LogP contribution in [-0.2, 0) is 19.1 Å². The molecule has 3 aliphatic heterocycles. The highest BCUT2D eigenvalue weighted by Crippen LogP contribution is 2.60. The van der Waals surface area contributed by atoms with Crippen LogP contribution in [0, 0.1) is 17.3 Å². The van der Waals surface area contributed by atoms with Gasteiger partial charge in [-0.05, 0) is 68.6 Å². The van der Waals surface area contributed by atoms with Gasteiger partial charge >= 0.3 is 12.0 Å². The number of hydrogen-bond acceptors (Lipinski definition) is 5. The number of nitrogens with one attached hydrogen (secondary N) is 2. The minimum absolute atomic E-state index is 0.00810. The van der Waals surface area contributed by atoms with Gasteiger partial charge in [0.05, 0.1) is 12.3 Å². The number of rotatable bonds is 4. The number of hydrogen-bond donors (Lipinski definition) is 2. The topological polar surface area (TPSA) is 108 Å². The van der Waals surface area contributed by atoms with Crippen molar-refractivity contribution < 1.29 is 23.9 Å². The van der Waals surface area contributed by atoms with Crippen LogP contribution in [0.1, 0.15) is 57.8 Å². The summed E-state index contributed by atoms with van der Waals surface area (Å²) in [6.07, 6.45) is 7.37. The van der Waals surface area contributed by atoms with Crippen LogP contribution >= 0.6 is 0 Å². The summed E-state index contributed by atoms with van der Waals surface area (Å²) >= 11 is 0. The van der Waals surface area contributed by atoms with Gasteiger partial charge in [-0.25, -0.2) is 4.79 Å². The molecule has 9 heteroatoms. The van der Waals surface area contributed by atoms with Gasteiger partial charge < -0.3 is 20.3 Å². The highest BCUT2D eigenvalue weighted by molar-refractivity contribution is 5.98. The zero-order valence-corrected chi connectivity index (χ0v) is 20.6. The Morgan fingerprint density at radius 1 is 1.00 bits per heavy atom. The van der Waals surface area contributed by atoms with E-state index < -0.39 is 5.60 Å². The molecule has 5 fully saturated rings. The van der Waals surface area contributed by atoms with Gasteiger partial charge in [0.15, 0.2) is 0 Å². The number of anilines is 2. The van der Waals surface area contributed by atoms with E-state index in [4.69, 9.17) is 4.74 Å². The number of esters is 1. The van der Waals surface area contributed by atoms with Crippen molar-refractivity contribution in [3.05, 3.63) is 24.3 Å². The molecule has 9 nitrogen and oxygen atoms in total. The van der Waals surface area contributed by atoms with E-state index in [1.165, 1.54) is 0 Å². The van der Waals surface area contributed by atoms with Crippen LogP contribution in [0.25, 0.3) is 0 Å². The summed E-state index contributed by atoms with van der Waals surface area (Å²) in [4.78, 5) is 54.2. The Bertz CT molecular complexity index is 1090. The molecule has 5 aliphatic rings. The zero-order chi connectivity index (χ0) is 24.9. The molecule has 4 amide bonds. The van der Waals surface area contributed by atoms with Crippen LogP contribution in [0.2, 0.25) is 0 Å². The molecule has 2 saturated carbocycles. The summed E-state index contributed by atoms with van der Waals surface area (Å²) in [5, 5.41) is 5.84. The number of ether oxygens (including phenoxy) is 1. The predicted octanol–water partition coefficient (Wildman–Crippen LogP) is 3.05. The zero-order valence-electron chi connectivity index (χ0n) is 20.6. The summed E-state index contributed by atoms with van der Waals surface area (Å²) in [5.41, 5.74) is 0.826. The van der Waals surface area contributed by atoms with Gasteiger partial charge in [-0.15, -0.1) is 0 Å². The average Bonchev–Trinajstić information content (AvgIpc) is 3.23. The van der Waals surface area contributed by atoms with E-state index in [1.807, 2.05) is 29.2 Å². The average molecular weight is 495 g/mol. The second-order valence-corrected chi connectivity index (χ2v) is 11.2. The monoisotopic (exact) mass is 494 g/mol. The standard InChI is InChI=1S/C27H34N4O5/c32-22-16-20(27(36-22)7-2-1-3-8-27)24(34)30-12-9-26(10-13-30)17-21(26)23(33)29-18-5-4-6-19(15-18)31-14-11-28-25(31)35/h4-6,15,20-21H,1-3,7-14,16-17H2,(H,28,35)(H,29,33). The molecule has 3 saturated heterocycles. The van der Waals surface area contributed by atoms with Gasteiger partial charge in [0.2, 0.25) is 11.8 Å². The van der Waals surface area contributed by atoms with E-state index in [-0.39, 0.29) is 47.5 Å². The van der Waals surface area contributed by atoms with Crippen molar-refractivity contribution in [2.45, 2.75) is 63.4 Å². The number of benzene rings is 1. The maximum atomic E-state index is 13.5. The minimum Gasteiger partial charge on any atom is -0.458 e. The van der Waals surface area contributed by atoms with E-state index in [9.17, 15) is 19.2 Å². The minimum atomic E-state index is -0.589. The second-order valence-electron chi connectivity index (χ2n) is 11.2. The van der Waals surface area contributed by atoms with Crippen LogP contribution < -0.4 is 15.5 Å². The second kappa shape index (κ2) is 8.78. The van der Waals surface area contributed by atoms with Gasteiger partial charge in [-0.2, -0.15) is 0 Å². The third-order valence-electron chi connectivity index (χ3n) is 9.18. The molecule has 0 aromatic heterocycles. The van der Waals surface area contributed by atoms with Gasteiger partial charge in [0.1, 0.15) is 5.60 Å². The third-order valence-corrected chi connectivity index (χ3v) is 9.18. The van der Waals surface area contributed by atoms with Crippen molar-refractivity contribution in [3.8, 4) is 0 Å². The summed E-state index contributed by atoms with van der Waals surface area (Å²) < 4.78 is 5.76. The van der Waals surface area contributed by atoms with E-state index in [0.29, 0.717) is 31.9 Å². The maximum Gasteiger partial charge on any atom is 0.321 e. The van der Waals surface area contributed by atoms with Gasteiger partial charge in [0, 0.05) is 43.5 Å². The molecular weight excluding hydrogens is 460 g/mol. The highest BCUT2D eigenvalue weighted by Gasteiger charge is 2.60. The Morgan fingerprint density at radius 2 is 1.78 bits per heavy atom. The van der Waals surface area contributed by atoms with Crippen molar-refractivity contribution in [1.82, 2.24) is 10.2 Å². The lowest BCUT2D eigenvalue weighted by Crippen LogP contribution is -2.49. The SMILES string of the molecule is O=C1CC(C(=O)N2CCC3(CC2)CC3C(=O)Nc2cccc(N3CCNC3=O)c2)C2(CCCCC2)O1. The first-order valence-electron chi connectivity index (χ1n) is 13.4. The molecule has 2 atom stereocenters. The number of amides is 4. The molecule has 1 aromatic carbocycles. The molecular formula is C27H34N4O5. The first-order chi connectivity index (χ1) is 17.4. The van der Waals surface area contributed by atoms with E-state index in [2.05, 4.69) is 10.6 Å². The summed E-state index contributed by atoms with van der Waals surface area (Å²) in [6, 6.07) is 7.28. The smallest absolute Gasteiger partial charge is 0.321 e. The number of urea groups is 1. The fourth-order valence-corrected chi connectivity index (χ4v) is 6.97. The summed E-state index contributed by atoms with van der Waals surface area (Å²) in [7, 11) is 0. The Labute approximate surface area is 210 Å². The normalized spacial score (nSPS) is 28.2. The van der Waals surface area contributed by atoms with Crippen LogP contribution in [-0.4, -0.2) is 60.5 Å². The lowest BCUT2D eigenvalue weighted by atomic mass is 9.75. The summed E-state index contributed by atoms with van der Waals surface area (Å²) in [6.45, 7) is 2.48. The van der Waals surface area contributed by atoms with Crippen molar-refractivity contribution in [1.29, 1.82) is 0 Å². The van der Waals surface area contributed by atoms with Crippen molar-refractivity contribution in [2.75, 3.05) is 36.4 Å². The molecule has 6 rings (SSSR count). The first kappa shape index (κ1) is 23.3. The molecule has 36 heavy (non-hydrogen) atoms. The quantitative estimate of drug-likeness (QED) is 0.626. The fourth-order valence-electron chi connectivity index (χ4n) is 6.97. The maximum absolute atomic E-state index is 13.5. The number of carbonyl (C=O) groups excluding carboxylic acids is 4. The number of nitrogens with zero attached hydrogens (tertiary/aromatic N) is 2. The van der Waals surface area contributed by atoms with Gasteiger partial charge in [0.25, 0.3) is 0 Å². The lowest BCUT2D eigenvalue weighted by Gasteiger charge is -2.40. The van der Waals surface area contributed by atoms with E-state index in [0.717, 1.165) is 57.1 Å². The molecule has 2 aliphatic carbocycles. The Kier molecular flexibility index (Phi) is 5.68. The van der Waals surface area contributed by atoms with Gasteiger partial charge in [-0.1, -0.05) is 12.5 Å². The molecule has 0 radical (unpaired) electrons. The van der Waals surface area contributed by atoms with E-state index >= 15 is 0 Å². The van der Waals surface area contributed by atoms with Crippen LogP contribution in [0.3, 0.4) is 0 Å². The lowest BCUT2D eigenvalue weighted by molar-refractivity contribution is -0.156. The van der Waals surface area contributed by atoms with Crippen LogP contribution in [0.15, 0.2) is 24.3 Å². The summed E-state index contributed by atoms with van der Waals surface area (Å²) in [5.74, 6) is -0.593. The fraction of sp³-hybridized carbons (Fsp3) is 0.630. The predicted molar refractivity (Wildman–Crippen MR) is 132 cm³/mol. The largest absolute Gasteiger partial charge is 0.458 e. The molecule has 0 bridgehead atoms. The molecule has 2 unspecified atom stereocenters. The Balaban J connectivity index is 1.05. The molecule has 3 heterocycles. The number of carbonyl (C=O) groups is 4. The van der Waals surface area contributed by atoms with Crippen molar-refractivity contribution >= 4 is 35.2 Å². The third kappa shape index (κ3) is 4.02. The van der Waals surface area contributed by atoms with Crippen molar-refractivity contribution in [3.63, 3.8) is 0 Å². The van der Waals surface area contributed by atoms with Crippen molar-refractivity contribution in [2.24, 2.45) is 17.3 Å². The number of piperidine rings is 1. The van der Waals surface area contributed by atoms with Gasteiger partial charge in [-0.3, -0.25) is 19.3 Å². The highest BCUT2D eigenvalue weighted by atomic mass is 16.6. The Morgan fingerprint density at radius 3 is 2.50 bits per heavy atom. The number of likely N-dealkylation sites (tertiary alicyclic amines) is 1. The Hall–Kier alpha value is -3.10. The first-order valence-corrected chi connectivity index (χ1v) is 13.4.